The monoisotopic (exact) mass is 136 g/mol. The van der Waals surface area contributed by atoms with Crippen LogP contribution in [0.4, 0.5) is 0 Å². The smallest absolute Gasteiger partial charge is 0.0893 e. The summed E-state index contributed by atoms with van der Waals surface area (Å²) >= 11 is 0. The zero-order valence-electron chi connectivity index (χ0n) is 5.96. The summed E-state index contributed by atoms with van der Waals surface area (Å²) in [5, 5.41) is 9.82. The molecule has 2 aliphatic carbocycles. The van der Waals surface area contributed by atoms with Gasteiger partial charge in [0, 0.05) is 5.92 Å². The van der Waals surface area contributed by atoms with Gasteiger partial charge in [-0.05, 0) is 18.8 Å². The van der Waals surface area contributed by atoms with Crippen molar-refractivity contribution in [1.29, 1.82) is 0 Å². The van der Waals surface area contributed by atoms with E-state index >= 15 is 0 Å². The van der Waals surface area contributed by atoms with Crippen LogP contribution in [-0.2, 0) is 0 Å². The molecule has 2 aliphatic rings. The number of hydrogen-bond acceptors (Lipinski definition) is 1. The quantitative estimate of drug-likeness (QED) is 0.541. The van der Waals surface area contributed by atoms with Crippen LogP contribution in [-0.4, -0.2) is 10.7 Å². The Balaban J connectivity index is 2.30. The summed E-state index contributed by atoms with van der Waals surface area (Å²) in [7, 11) is 0. The van der Waals surface area contributed by atoms with Gasteiger partial charge in [-0.2, -0.15) is 0 Å². The first kappa shape index (κ1) is 6.17. The summed E-state index contributed by atoms with van der Waals surface area (Å²) in [6.45, 7) is 3.65. The van der Waals surface area contributed by atoms with Gasteiger partial charge in [0.05, 0.1) is 5.60 Å². The Morgan fingerprint density at radius 1 is 1.60 bits per heavy atom. The summed E-state index contributed by atoms with van der Waals surface area (Å²) in [6.07, 6.45) is 8.04. The van der Waals surface area contributed by atoms with Gasteiger partial charge in [0.2, 0.25) is 0 Å². The molecule has 0 radical (unpaired) electrons. The Kier molecular flexibility index (Phi) is 1.07. The second kappa shape index (κ2) is 1.73. The third-order valence-electron chi connectivity index (χ3n) is 2.76. The molecule has 0 heterocycles. The maximum absolute atomic E-state index is 9.82. The highest BCUT2D eigenvalue weighted by atomic mass is 16.3. The third kappa shape index (κ3) is 0.613. The van der Waals surface area contributed by atoms with Crippen LogP contribution in [0.15, 0.2) is 24.8 Å². The molecule has 2 rings (SSSR count). The summed E-state index contributed by atoms with van der Waals surface area (Å²) in [5.74, 6) is 0.975. The fourth-order valence-electron chi connectivity index (χ4n) is 2.10. The fraction of sp³-hybridized carbons (Fsp3) is 0.556. The first-order valence-corrected chi connectivity index (χ1v) is 3.79. The second-order valence-corrected chi connectivity index (χ2v) is 3.39. The molecule has 0 aromatic rings. The number of aliphatic hydroxyl groups is 1. The van der Waals surface area contributed by atoms with Crippen molar-refractivity contribution in [1.82, 2.24) is 0 Å². The average molecular weight is 136 g/mol. The minimum atomic E-state index is -0.570. The summed E-state index contributed by atoms with van der Waals surface area (Å²) < 4.78 is 0. The average Bonchev–Trinajstić information content (AvgIpc) is 2.46. The maximum Gasteiger partial charge on any atom is 0.0893 e. The zero-order chi connectivity index (χ0) is 7.19. The molecule has 1 N–H and O–H groups in total. The standard InChI is InChI=1S/C9H12O/c1-2-9(10)6-7-3-4-8(9)5-7/h2-4,7-8,10H,1,5-6H2/t7-,8-,9-/m0/s1. The van der Waals surface area contributed by atoms with E-state index in [4.69, 9.17) is 0 Å². The molecule has 3 atom stereocenters. The van der Waals surface area contributed by atoms with Crippen LogP contribution in [0, 0.1) is 11.8 Å². The Hall–Kier alpha value is -0.560. The van der Waals surface area contributed by atoms with Crippen molar-refractivity contribution in [3.05, 3.63) is 24.8 Å². The van der Waals surface area contributed by atoms with Crippen molar-refractivity contribution in [2.24, 2.45) is 11.8 Å². The topological polar surface area (TPSA) is 20.2 Å². The molecule has 10 heavy (non-hydrogen) atoms. The van der Waals surface area contributed by atoms with Crippen molar-refractivity contribution < 1.29 is 5.11 Å². The molecule has 2 bridgehead atoms. The fourth-order valence-corrected chi connectivity index (χ4v) is 2.10. The summed E-state index contributed by atoms with van der Waals surface area (Å²) in [4.78, 5) is 0. The van der Waals surface area contributed by atoms with Crippen LogP contribution in [0.1, 0.15) is 12.8 Å². The first-order chi connectivity index (χ1) is 4.74. The Bertz CT molecular complexity index is 195. The normalized spacial score (nSPS) is 50.1. The van der Waals surface area contributed by atoms with E-state index in [1.807, 2.05) is 0 Å². The van der Waals surface area contributed by atoms with E-state index in [2.05, 4.69) is 18.7 Å². The lowest BCUT2D eigenvalue weighted by Gasteiger charge is -2.25. The highest BCUT2D eigenvalue weighted by molar-refractivity contribution is 5.21. The maximum atomic E-state index is 9.82. The van der Waals surface area contributed by atoms with E-state index < -0.39 is 5.60 Å². The van der Waals surface area contributed by atoms with Crippen molar-refractivity contribution in [2.45, 2.75) is 18.4 Å². The molecule has 0 aromatic carbocycles. The summed E-state index contributed by atoms with van der Waals surface area (Å²) in [5.41, 5.74) is -0.570. The zero-order valence-corrected chi connectivity index (χ0v) is 5.96. The van der Waals surface area contributed by atoms with Crippen LogP contribution >= 0.6 is 0 Å². The predicted octanol–water partition coefficient (Wildman–Crippen LogP) is 1.50. The molecule has 54 valence electrons. The lowest BCUT2D eigenvalue weighted by molar-refractivity contribution is 0.0652. The van der Waals surface area contributed by atoms with E-state index in [-0.39, 0.29) is 0 Å². The third-order valence-corrected chi connectivity index (χ3v) is 2.76. The van der Waals surface area contributed by atoms with E-state index in [0.717, 1.165) is 12.8 Å². The van der Waals surface area contributed by atoms with Gasteiger partial charge in [-0.15, -0.1) is 6.58 Å². The van der Waals surface area contributed by atoms with E-state index in [1.54, 1.807) is 6.08 Å². The SMILES string of the molecule is C=C[C@]1(O)C[C@H]2C=C[C@H]1C2. The molecule has 0 amide bonds. The second-order valence-electron chi connectivity index (χ2n) is 3.39. The molecular formula is C9H12O. The van der Waals surface area contributed by atoms with Gasteiger partial charge in [0.15, 0.2) is 0 Å². The van der Waals surface area contributed by atoms with Gasteiger partial charge in [0.25, 0.3) is 0 Å². The molecule has 1 fully saturated rings. The van der Waals surface area contributed by atoms with Gasteiger partial charge in [0.1, 0.15) is 0 Å². The minimum Gasteiger partial charge on any atom is -0.385 e. The van der Waals surface area contributed by atoms with Crippen LogP contribution < -0.4 is 0 Å². The lowest BCUT2D eigenvalue weighted by Crippen LogP contribution is -2.30. The Morgan fingerprint density at radius 3 is 2.70 bits per heavy atom. The first-order valence-electron chi connectivity index (χ1n) is 3.79. The van der Waals surface area contributed by atoms with Crippen molar-refractivity contribution in [2.75, 3.05) is 0 Å². The summed E-state index contributed by atoms with van der Waals surface area (Å²) in [6, 6.07) is 0. The van der Waals surface area contributed by atoms with Gasteiger partial charge >= 0.3 is 0 Å². The molecule has 1 heteroatoms. The van der Waals surface area contributed by atoms with Crippen molar-refractivity contribution in [3.63, 3.8) is 0 Å². The lowest BCUT2D eigenvalue weighted by atomic mass is 9.89. The molecular weight excluding hydrogens is 124 g/mol. The number of rotatable bonds is 1. The Morgan fingerprint density at radius 2 is 2.40 bits per heavy atom. The highest BCUT2D eigenvalue weighted by Crippen LogP contribution is 2.46. The number of allylic oxidation sites excluding steroid dienone is 1. The van der Waals surface area contributed by atoms with E-state index in [1.165, 1.54) is 0 Å². The van der Waals surface area contributed by atoms with E-state index in [9.17, 15) is 5.11 Å². The molecule has 0 saturated heterocycles. The van der Waals surface area contributed by atoms with Gasteiger partial charge in [-0.1, -0.05) is 18.2 Å². The minimum absolute atomic E-state index is 0.356. The van der Waals surface area contributed by atoms with Gasteiger partial charge in [-0.25, -0.2) is 0 Å². The number of hydrogen-bond donors (Lipinski definition) is 1. The molecule has 0 spiro atoms. The van der Waals surface area contributed by atoms with Crippen LogP contribution in [0.5, 0.6) is 0 Å². The van der Waals surface area contributed by atoms with Crippen LogP contribution in [0.2, 0.25) is 0 Å². The molecule has 0 unspecified atom stereocenters. The molecule has 0 aromatic heterocycles. The largest absolute Gasteiger partial charge is 0.385 e. The van der Waals surface area contributed by atoms with E-state index in [0.29, 0.717) is 11.8 Å². The van der Waals surface area contributed by atoms with Gasteiger partial charge < -0.3 is 5.11 Å². The van der Waals surface area contributed by atoms with Crippen molar-refractivity contribution in [3.8, 4) is 0 Å². The Labute approximate surface area is 61.1 Å². The predicted molar refractivity (Wildman–Crippen MR) is 40.5 cm³/mol. The van der Waals surface area contributed by atoms with Gasteiger partial charge in [-0.3, -0.25) is 0 Å². The van der Waals surface area contributed by atoms with Crippen LogP contribution in [0.3, 0.4) is 0 Å². The molecule has 1 nitrogen and oxygen atoms in total. The number of fused-ring (bicyclic) bond motifs is 2. The molecule has 1 saturated carbocycles. The molecule has 0 aliphatic heterocycles. The van der Waals surface area contributed by atoms with Crippen molar-refractivity contribution >= 4 is 0 Å². The highest BCUT2D eigenvalue weighted by Gasteiger charge is 2.44. The van der Waals surface area contributed by atoms with Crippen LogP contribution in [0.25, 0.3) is 0 Å².